The normalized spacial score (nSPS) is 27.0. The molecule has 0 spiro atoms. The fourth-order valence-electron chi connectivity index (χ4n) is 11.8. The Balaban J connectivity index is 0.865. The zero-order chi connectivity index (χ0) is 44.0. The van der Waals surface area contributed by atoms with Crippen LogP contribution in [0.25, 0.3) is 0 Å². The smallest absolute Gasteiger partial charge is 0.262 e. The molecule has 0 radical (unpaired) electrons. The van der Waals surface area contributed by atoms with Crippen LogP contribution in [0.4, 0.5) is 15.9 Å². The minimum atomic E-state index is -1.24. The number of nitrogens with zero attached hydrogens (tertiary/aromatic N) is 7. The van der Waals surface area contributed by atoms with Crippen LogP contribution in [-0.2, 0) is 9.59 Å². The van der Waals surface area contributed by atoms with Gasteiger partial charge >= 0.3 is 0 Å². The number of primary amides is 1. The average Bonchev–Trinajstić information content (AvgIpc) is 3.48. The molecule has 10 rings (SSSR count). The highest BCUT2D eigenvalue weighted by Crippen LogP contribution is 2.59. The van der Waals surface area contributed by atoms with Crippen LogP contribution in [-0.4, -0.2) is 112 Å². The number of fused-ring (bicyclic) bond motifs is 4. The number of hydrogen-bond acceptors (Lipinski definition) is 11. The van der Waals surface area contributed by atoms with E-state index in [-0.39, 0.29) is 46.8 Å². The van der Waals surface area contributed by atoms with Crippen molar-refractivity contribution in [3.8, 4) is 11.8 Å². The van der Waals surface area contributed by atoms with Crippen LogP contribution in [0.2, 0.25) is 5.02 Å². The van der Waals surface area contributed by atoms with Gasteiger partial charge in [0.25, 0.3) is 17.7 Å². The zero-order valence-corrected chi connectivity index (χ0v) is 36.0. The van der Waals surface area contributed by atoms with Gasteiger partial charge < -0.3 is 20.3 Å². The van der Waals surface area contributed by atoms with Gasteiger partial charge in [0.05, 0.1) is 39.0 Å². The third-order valence-electron chi connectivity index (χ3n) is 14.5. The summed E-state index contributed by atoms with van der Waals surface area (Å²) in [5, 5.41) is 9.54. The molecule has 3 aromatic rings. The average molecular weight is 865 g/mol. The van der Waals surface area contributed by atoms with E-state index in [1.54, 1.807) is 24.3 Å². The number of carbonyl (C=O) groups is 5. The zero-order valence-electron chi connectivity index (χ0n) is 35.3. The van der Waals surface area contributed by atoms with Crippen molar-refractivity contribution < 1.29 is 33.1 Å². The second-order valence-corrected chi connectivity index (χ2v) is 19.4. The van der Waals surface area contributed by atoms with Gasteiger partial charge in [-0.25, -0.2) is 9.37 Å². The Hall–Kier alpha value is -5.59. The highest BCUT2D eigenvalue weighted by atomic mass is 35.5. The number of carbonyl (C=O) groups excluding carboxylic acids is 5. The van der Waals surface area contributed by atoms with Gasteiger partial charge in [0.2, 0.25) is 11.8 Å². The highest BCUT2D eigenvalue weighted by Gasteiger charge is 2.68. The third kappa shape index (κ3) is 6.77. The molecule has 62 heavy (non-hydrogen) atoms. The number of imide groups is 2. The van der Waals surface area contributed by atoms with Gasteiger partial charge in [-0.2, -0.15) is 5.26 Å². The molecule has 1 aromatic heterocycles. The molecule has 324 valence electrons. The molecule has 7 aliphatic rings. The minimum absolute atomic E-state index is 0.0271. The Morgan fingerprint density at radius 3 is 2.23 bits per heavy atom. The molecule has 5 amide bonds. The molecule has 1 saturated carbocycles. The van der Waals surface area contributed by atoms with Gasteiger partial charge in [-0.05, 0) is 74.4 Å². The number of anilines is 2. The molecule has 7 heterocycles. The molecule has 5 saturated heterocycles. The van der Waals surface area contributed by atoms with Gasteiger partial charge in [0.15, 0.2) is 0 Å². The number of nitriles is 1. The summed E-state index contributed by atoms with van der Waals surface area (Å²) in [5.41, 5.74) is 4.82. The van der Waals surface area contributed by atoms with E-state index in [0.29, 0.717) is 29.3 Å². The Bertz CT molecular complexity index is 2410. The SMILES string of the molecule is CC1(C)C(Oc2ccc(C#N)c(Cl)c2)C(C)(C)C1N1C(=O)CC[C@@H](N2C(=O)c3cc(F)c(N4C[C@@H]5CC[C@@H]4CN5CC4CCN(c5ccc(C(N)=O)cn5)CC4)cc3C2=O)C1=O. The number of piperazine rings is 1. The number of rotatable bonds is 9. The van der Waals surface area contributed by atoms with E-state index in [0.717, 1.165) is 68.6 Å². The van der Waals surface area contributed by atoms with Crippen molar-refractivity contribution in [2.75, 3.05) is 42.5 Å². The number of nitrogens with two attached hydrogens (primary N) is 1. The first-order valence-corrected chi connectivity index (χ1v) is 21.8. The number of hydrogen-bond donors (Lipinski definition) is 1. The van der Waals surface area contributed by atoms with E-state index >= 15 is 4.39 Å². The first-order valence-electron chi connectivity index (χ1n) is 21.4. The van der Waals surface area contributed by atoms with Gasteiger partial charge in [-0.1, -0.05) is 39.3 Å². The maximum absolute atomic E-state index is 16.2. The van der Waals surface area contributed by atoms with Crippen molar-refractivity contribution in [3.05, 3.63) is 81.8 Å². The number of pyridine rings is 1. The van der Waals surface area contributed by atoms with Crippen LogP contribution in [0, 0.1) is 33.9 Å². The number of amides is 5. The van der Waals surface area contributed by atoms with Crippen LogP contribution in [0.15, 0.2) is 48.7 Å². The number of piperidine rings is 4. The summed E-state index contributed by atoms with van der Waals surface area (Å²) < 4.78 is 22.6. The molecule has 2 bridgehead atoms. The fraction of sp³-hybridized carbons (Fsp3) is 0.500. The van der Waals surface area contributed by atoms with E-state index in [1.165, 1.54) is 17.2 Å². The van der Waals surface area contributed by atoms with Crippen LogP contribution in [0.1, 0.15) is 103 Å². The number of halogens is 2. The molecule has 2 N–H and O–H groups in total. The maximum atomic E-state index is 16.2. The third-order valence-corrected chi connectivity index (χ3v) is 14.8. The Morgan fingerprint density at radius 1 is 0.919 bits per heavy atom. The van der Waals surface area contributed by atoms with Crippen LogP contribution < -0.4 is 20.3 Å². The van der Waals surface area contributed by atoms with Gasteiger partial charge in [-0.3, -0.25) is 38.7 Å². The second kappa shape index (κ2) is 15.3. The van der Waals surface area contributed by atoms with Crippen molar-refractivity contribution >= 4 is 52.6 Å². The quantitative estimate of drug-likeness (QED) is 0.273. The number of likely N-dealkylation sites (tertiary alicyclic amines) is 1. The van der Waals surface area contributed by atoms with Crippen LogP contribution in [0.5, 0.6) is 5.75 Å². The summed E-state index contributed by atoms with van der Waals surface area (Å²) in [7, 11) is 0. The standard InChI is InChI=1S/C46H50ClFN8O6/c1-45(2)43(46(3,4)44(45)62-30-9-5-26(20-49)33(47)17-30)56-38(57)12-10-35(42(56)61)55-40(59)31-18-34(48)36(19-32(31)41(55)60)54-24-28-7-8-29(54)23-53(28)22-25-13-15-52(16-14-25)37-11-6-27(21-51-37)39(50)58/h5-6,9,11,17-19,21,25,28-29,35,43-44H,7-8,10,12-16,22-24H2,1-4H3,(H2,50,58)/t28-,29+,35+,43?,44?/m0/s1. The predicted octanol–water partition coefficient (Wildman–Crippen LogP) is 5.41. The number of ether oxygens (including phenoxy) is 1. The second-order valence-electron chi connectivity index (χ2n) is 19.0. The lowest BCUT2D eigenvalue weighted by Gasteiger charge is -2.65. The van der Waals surface area contributed by atoms with Crippen molar-refractivity contribution in [1.82, 2.24) is 19.7 Å². The van der Waals surface area contributed by atoms with Crippen molar-refractivity contribution in [1.29, 1.82) is 5.26 Å². The van der Waals surface area contributed by atoms with Crippen molar-refractivity contribution in [2.45, 2.75) is 96.5 Å². The molecule has 16 heteroatoms. The topological polar surface area (TPSA) is 173 Å². The molecular formula is C46H50ClFN8O6. The summed E-state index contributed by atoms with van der Waals surface area (Å²) in [6, 6.07) is 11.4. The Labute approximate surface area is 364 Å². The summed E-state index contributed by atoms with van der Waals surface area (Å²) >= 11 is 6.28. The molecule has 14 nitrogen and oxygen atoms in total. The maximum Gasteiger partial charge on any atom is 0.262 e. The summed E-state index contributed by atoms with van der Waals surface area (Å²) in [6.45, 7) is 11.6. The van der Waals surface area contributed by atoms with Gasteiger partial charge in [0, 0.05) is 74.3 Å². The van der Waals surface area contributed by atoms with E-state index < -0.39 is 64.4 Å². The molecule has 1 aliphatic carbocycles. The lowest BCUT2D eigenvalue weighted by Crippen LogP contribution is -2.77. The van der Waals surface area contributed by atoms with Crippen molar-refractivity contribution in [3.63, 3.8) is 0 Å². The molecule has 2 aromatic carbocycles. The number of aromatic nitrogens is 1. The first-order chi connectivity index (χ1) is 29.5. The fourth-order valence-corrected chi connectivity index (χ4v) is 12.0. The highest BCUT2D eigenvalue weighted by molar-refractivity contribution is 6.31. The van der Waals surface area contributed by atoms with Gasteiger partial charge in [-0.15, -0.1) is 0 Å². The minimum Gasteiger partial charge on any atom is -0.489 e. The summed E-state index contributed by atoms with van der Waals surface area (Å²) in [5.74, 6) is -1.77. The Morgan fingerprint density at radius 2 is 1.61 bits per heavy atom. The first kappa shape index (κ1) is 41.7. The van der Waals surface area contributed by atoms with Crippen LogP contribution in [0.3, 0.4) is 0 Å². The lowest BCUT2D eigenvalue weighted by molar-refractivity contribution is -0.216. The molecule has 0 unspecified atom stereocenters. The molecule has 3 atom stereocenters. The summed E-state index contributed by atoms with van der Waals surface area (Å²) in [4.78, 5) is 81.2. The molecular weight excluding hydrogens is 815 g/mol. The molecule has 6 aliphatic heterocycles. The van der Waals surface area contributed by atoms with E-state index in [1.807, 2.05) is 44.7 Å². The van der Waals surface area contributed by atoms with E-state index in [9.17, 15) is 29.2 Å². The van der Waals surface area contributed by atoms with Crippen LogP contribution >= 0.6 is 11.6 Å². The Kier molecular flexibility index (Phi) is 10.3. The summed E-state index contributed by atoms with van der Waals surface area (Å²) in [6.07, 6.45) is 4.82. The van der Waals surface area contributed by atoms with E-state index in [2.05, 4.69) is 14.8 Å². The predicted molar refractivity (Wildman–Crippen MR) is 227 cm³/mol. The largest absolute Gasteiger partial charge is 0.489 e. The van der Waals surface area contributed by atoms with E-state index in [4.69, 9.17) is 22.1 Å². The van der Waals surface area contributed by atoms with Crippen molar-refractivity contribution in [2.24, 2.45) is 22.5 Å². The van der Waals surface area contributed by atoms with Gasteiger partial charge in [0.1, 0.15) is 35.6 Å². The number of benzene rings is 2. The lowest BCUT2D eigenvalue weighted by atomic mass is 9.48. The molecule has 6 fully saturated rings. The monoisotopic (exact) mass is 864 g/mol.